The lowest BCUT2D eigenvalue weighted by atomic mass is 9.67. The minimum atomic E-state index is -3.38. The largest absolute Gasteiger partial charge is 0.330 e. The smallest absolute Gasteiger partial charge is 0.229 e. The van der Waals surface area contributed by atoms with Gasteiger partial charge in [-0.1, -0.05) is 60.5 Å². The molecule has 2 aromatic carbocycles. The number of sulfonamides is 1. The second-order valence-corrected chi connectivity index (χ2v) is 14.8. The van der Waals surface area contributed by atoms with Gasteiger partial charge in [-0.3, -0.25) is 4.79 Å². The van der Waals surface area contributed by atoms with E-state index in [9.17, 15) is 13.2 Å². The number of amides is 1. The second-order valence-electron chi connectivity index (χ2n) is 11.6. The highest BCUT2D eigenvalue weighted by atomic mass is 35.5. The number of hydrogen-bond donors (Lipinski definition) is 0. The zero-order chi connectivity index (χ0) is 27.2. The quantitative estimate of drug-likeness (QED) is 0.292. The van der Waals surface area contributed by atoms with Crippen LogP contribution in [0.25, 0.3) is 0 Å². The highest BCUT2D eigenvalue weighted by molar-refractivity contribution is 7.90. The SMILES string of the molecule is C=CC[C@@]1(C)C[C@H](c2cccc(Cl)c2)C(c2ccc(Cl)cc2)N([C@H](CN(C)S(=O)(=O)C2CC2)C2CC2)C1=O. The first kappa shape index (κ1) is 27.7. The molecule has 0 radical (unpaired) electrons. The standard InChI is InChI=1S/C30H36Cl2N2O3S/c1-4-16-30(2)18-26(22-6-5-7-24(32)17-22)28(21-10-12-23(31)13-11-21)34(29(30)35)27(20-8-9-20)19-33(3)38(36,37)25-14-15-25/h4-7,10-13,17,20,25-28H,1,8-9,14-16,18-19H2,2-3H3/t26-,27-,28?,30+/m1/s1. The lowest BCUT2D eigenvalue weighted by Crippen LogP contribution is -2.58. The van der Waals surface area contributed by atoms with Crippen LogP contribution in [0.4, 0.5) is 0 Å². The Morgan fingerprint density at radius 2 is 1.76 bits per heavy atom. The van der Waals surface area contributed by atoms with Crippen LogP contribution in [0.5, 0.6) is 0 Å². The zero-order valence-electron chi connectivity index (χ0n) is 22.0. The molecule has 1 unspecified atom stereocenters. The van der Waals surface area contributed by atoms with Gasteiger partial charge in [0.15, 0.2) is 0 Å². The molecule has 2 aliphatic carbocycles. The van der Waals surface area contributed by atoms with Gasteiger partial charge in [-0.15, -0.1) is 6.58 Å². The van der Waals surface area contributed by atoms with Gasteiger partial charge in [0.1, 0.15) is 0 Å². The number of likely N-dealkylation sites (N-methyl/N-ethyl adjacent to an activating group) is 1. The van der Waals surface area contributed by atoms with Crippen molar-refractivity contribution in [1.82, 2.24) is 9.21 Å². The molecule has 0 spiro atoms. The Bertz CT molecular complexity index is 1310. The van der Waals surface area contributed by atoms with Crippen LogP contribution >= 0.6 is 23.2 Å². The number of hydrogen-bond acceptors (Lipinski definition) is 3. The van der Waals surface area contributed by atoms with Crippen molar-refractivity contribution < 1.29 is 13.2 Å². The van der Waals surface area contributed by atoms with Gasteiger partial charge in [0.25, 0.3) is 0 Å². The first-order valence-corrected chi connectivity index (χ1v) is 15.7. The van der Waals surface area contributed by atoms with Gasteiger partial charge in [0.2, 0.25) is 15.9 Å². The Labute approximate surface area is 236 Å². The molecule has 1 saturated heterocycles. The molecular weight excluding hydrogens is 539 g/mol. The van der Waals surface area contributed by atoms with Crippen LogP contribution in [0.3, 0.4) is 0 Å². The average Bonchev–Trinajstić information content (AvgIpc) is 3.78. The summed E-state index contributed by atoms with van der Waals surface area (Å²) in [5.74, 6) is 0.283. The third kappa shape index (κ3) is 5.42. The highest BCUT2D eigenvalue weighted by Crippen LogP contribution is 2.54. The first-order chi connectivity index (χ1) is 18.0. The summed E-state index contributed by atoms with van der Waals surface area (Å²) in [7, 11) is -1.70. The summed E-state index contributed by atoms with van der Waals surface area (Å²) in [4.78, 5) is 16.6. The predicted molar refractivity (Wildman–Crippen MR) is 154 cm³/mol. The molecule has 0 N–H and O–H groups in total. The number of allylic oxidation sites excluding steroid dienone is 1. The van der Waals surface area contributed by atoms with E-state index in [1.807, 2.05) is 60.4 Å². The van der Waals surface area contributed by atoms with Gasteiger partial charge >= 0.3 is 0 Å². The Hall–Kier alpha value is -1.86. The molecule has 1 aliphatic heterocycles. The Balaban J connectivity index is 1.64. The van der Waals surface area contributed by atoms with Crippen molar-refractivity contribution >= 4 is 39.1 Å². The van der Waals surface area contributed by atoms with E-state index in [1.54, 1.807) is 7.05 Å². The van der Waals surface area contributed by atoms with Gasteiger partial charge in [0.05, 0.1) is 16.7 Å². The lowest BCUT2D eigenvalue weighted by Gasteiger charge is -2.52. The molecule has 2 saturated carbocycles. The third-order valence-electron chi connectivity index (χ3n) is 8.53. The number of halogens is 2. The van der Waals surface area contributed by atoms with E-state index in [0.29, 0.717) is 42.3 Å². The van der Waals surface area contributed by atoms with E-state index in [-0.39, 0.29) is 35.1 Å². The summed E-state index contributed by atoms with van der Waals surface area (Å²) in [6.45, 7) is 6.28. The van der Waals surface area contributed by atoms with Crippen molar-refractivity contribution in [3.05, 3.63) is 82.4 Å². The molecule has 3 aliphatic rings. The fourth-order valence-corrected chi connectivity index (χ4v) is 8.11. The van der Waals surface area contributed by atoms with Gasteiger partial charge < -0.3 is 4.90 Å². The molecule has 204 valence electrons. The van der Waals surface area contributed by atoms with Crippen LogP contribution in [-0.4, -0.2) is 48.4 Å². The maximum absolute atomic E-state index is 14.5. The van der Waals surface area contributed by atoms with Gasteiger partial charge in [-0.2, -0.15) is 0 Å². The Morgan fingerprint density at radius 1 is 1.08 bits per heavy atom. The van der Waals surface area contributed by atoms with Crippen LogP contribution < -0.4 is 0 Å². The number of carbonyl (C=O) groups excluding carboxylic acids is 1. The van der Waals surface area contributed by atoms with Crippen LogP contribution in [-0.2, 0) is 14.8 Å². The summed E-state index contributed by atoms with van der Waals surface area (Å²) in [6, 6.07) is 15.1. The van der Waals surface area contributed by atoms with Crippen molar-refractivity contribution in [3.63, 3.8) is 0 Å². The highest BCUT2D eigenvalue weighted by Gasteiger charge is 2.54. The topological polar surface area (TPSA) is 57.7 Å². The van der Waals surface area contributed by atoms with E-state index >= 15 is 0 Å². The maximum atomic E-state index is 14.5. The van der Waals surface area contributed by atoms with E-state index in [1.165, 1.54) is 4.31 Å². The molecule has 1 amide bonds. The minimum absolute atomic E-state index is 0.0379. The fourth-order valence-electron chi connectivity index (χ4n) is 6.19. The molecule has 38 heavy (non-hydrogen) atoms. The second kappa shape index (κ2) is 10.6. The molecule has 5 rings (SSSR count). The summed E-state index contributed by atoms with van der Waals surface area (Å²) in [5, 5.41) is 0.995. The molecule has 0 bridgehead atoms. The predicted octanol–water partition coefficient (Wildman–Crippen LogP) is 6.84. The van der Waals surface area contributed by atoms with Crippen LogP contribution in [0, 0.1) is 11.3 Å². The number of benzene rings is 2. The van der Waals surface area contributed by atoms with Gasteiger partial charge in [-0.25, -0.2) is 12.7 Å². The fraction of sp³-hybridized carbons (Fsp3) is 0.500. The summed E-state index contributed by atoms with van der Waals surface area (Å²) in [6.07, 6.45) is 6.40. The van der Waals surface area contributed by atoms with E-state index in [0.717, 1.165) is 24.0 Å². The lowest BCUT2D eigenvalue weighted by molar-refractivity contribution is -0.155. The van der Waals surface area contributed by atoms with Crippen molar-refractivity contribution in [2.24, 2.45) is 11.3 Å². The summed E-state index contributed by atoms with van der Waals surface area (Å²) >= 11 is 12.7. The molecular formula is C30H36Cl2N2O3S. The van der Waals surface area contributed by atoms with Crippen molar-refractivity contribution in [3.8, 4) is 0 Å². The summed E-state index contributed by atoms with van der Waals surface area (Å²) < 4.78 is 27.8. The van der Waals surface area contributed by atoms with Gasteiger partial charge in [-0.05, 0) is 79.8 Å². The maximum Gasteiger partial charge on any atom is 0.229 e. The van der Waals surface area contributed by atoms with Gasteiger partial charge in [0, 0.05) is 35.6 Å². The number of piperidine rings is 1. The molecule has 1 heterocycles. The number of carbonyl (C=O) groups is 1. The third-order valence-corrected chi connectivity index (χ3v) is 11.4. The zero-order valence-corrected chi connectivity index (χ0v) is 24.4. The normalized spacial score (nSPS) is 27.0. The molecule has 3 fully saturated rings. The molecule has 0 aromatic heterocycles. The first-order valence-electron chi connectivity index (χ1n) is 13.4. The molecule has 5 nitrogen and oxygen atoms in total. The molecule has 8 heteroatoms. The van der Waals surface area contributed by atoms with Crippen LogP contribution in [0.2, 0.25) is 10.0 Å². The Kier molecular flexibility index (Phi) is 7.73. The number of nitrogens with zero attached hydrogens (tertiary/aromatic N) is 2. The average molecular weight is 576 g/mol. The van der Waals surface area contributed by atoms with E-state index < -0.39 is 15.4 Å². The summed E-state index contributed by atoms with van der Waals surface area (Å²) in [5.41, 5.74) is 1.39. The number of rotatable bonds is 10. The van der Waals surface area contributed by atoms with Crippen molar-refractivity contribution in [2.75, 3.05) is 13.6 Å². The van der Waals surface area contributed by atoms with E-state index in [2.05, 4.69) is 12.6 Å². The Morgan fingerprint density at radius 3 is 2.34 bits per heavy atom. The van der Waals surface area contributed by atoms with Crippen molar-refractivity contribution in [2.45, 2.75) is 68.7 Å². The van der Waals surface area contributed by atoms with E-state index in [4.69, 9.17) is 23.2 Å². The molecule has 4 atom stereocenters. The van der Waals surface area contributed by atoms with Crippen LogP contribution in [0.1, 0.15) is 68.5 Å². The minimum Gasteiger partial charge on any atom is -0.330 e. The monoisotopic (exact) mass is 574 g/mol. The van der Waals surface area contributed by atoms with Crippen molar-refractivity contribution in [1.29, 1.82) is 0 Å². The number of likely N-dealkylation sites (tertiary alicyclic amines) is 1. The molecule has 2 aromatic rings. The van der Waals surface area contributed by atoms with Crippen LogP contribution in [0.15, 0.2) is 61.2 Å².